The highest BCUT2D eigenvalue weighted by molar-refractivity contribution is 7.99. The fraction of sp³-hybridized carbons (Fsp3) is 0.571. The van der Waals surface area contributed by atoms with Crippen LogP contribution >= 0.6 is 11.8 Å². The van der Waals surface area contributed by atoms with Crippen LogP contribution in [0.2, 0.25) is 0 Å². The maximum atomic E-state index is 5.98. The number of anilines is 2. The Labute approximate surface area is 114 Å². The molecule has 3 nitrogen and oxygen atoms in total. The number of nitrogen functional groups attached to an aromatic ring is 1. The molecular formula is C14H22N2OS. The quantitative estimate of drug-likeness (QED) is 0.854. The standard InChI is InChI=1S/C14H22N2OS/c1-10(2)17-14-7-12(15)6-13(8-14)16-4-5-18-9-11(16)3/h6-8,10-11H,4-5,9,15H2,1-3H3. The summed E-state index contributed by atoms with van der Waals surface area (Å²) in [6, 6.07) is 6.59. The maximum absolute atomic E-state index is 5.98. The van der Waals surface area contributed by atoms with E-state index in [0.29, 0.717) is 6.04 Å². The number of rotatable bonds is 3. The Morgan fingerprint density at radius 1 is 1.39 bits per heavy atom. The van der Waals surface area contributed by atoms with Gasteiger partial charge in [-0.05, 0) is 26.8 Å². The number of ether oxygens (including phenoxy) is 1. The van der Waals surface area contributed by atoms with Gasteiger partial charge in [0.25, 0.3) is 0 Å². The van der Waals surface area contributed by atoms with Gasteiger partial charge in [-0.3, -0.25) is 0 Å². The van der Waals surface area contributed by atoms with Crippen LogP contribution in [0.25, 0.3) is 0 Å². The highest BCUT2D eigenvalue weighted by Crippen LogP contribution is 2.30. The van der Waals surface area contributed by atoms with Crippen LogP contribution in [0.1, 0.15) is 20.8 Å². The summed E-state index contributed by atoms with van der Waals surface area (Å²) in [4.78, 5) is 2.42. The fourth-order valence-electron chi connectivity index (χ4n) is 2.22. The molecule has 0 saturated carbocycles. The SMILES string of the molecule is CC(C)Oc1cc(N)cc(N2CCSCC2C)c1. The summed E-state index contributed by atoms with van der Waals surface area (Å²) < 4.78 is 5.75. The molecule has 1 aliphatic rings. The predicted octanol–water partition coefficient (Wildman–Crippen LogP) is 3.00. The smallest absolute Gasteiger partial charge is 0.123 e. The van der Waals surface area contributed by atoms with Gasteiger partial charge in [0.2, 0.25) is 0 Å². The zero-order valence-electron chi connectivity index (χ0n) is 11.3. The predicted molar refractivity (Wildman–Crippen MR) is 80.8 cm³/mol. The van der Waals surface area contributed by atoms with Gasteiger partial charge >= 0.3 is 0 Å². The summed E-state index contributed by atoms with van der Waals surface area (Å²) in [5.74, 6) is 3.22. The normalized spacial score (nSPS) is 20.2. The van der Waals surface area contributed by atoms with E-state index in [0.717, 1.165) is 18.0 Å². The van der Waals surface area contributed by atoms with Crippen molar-refractivity contribution in [3.05, 3.63) is 18.2 Å². The molecule has 2 N–H and O–H groups in total. The van der Waals surface area contributed by atoms with Crippen molar-refractivity contribution in [2.75, 3.05) is 28.7 Å². The van der Waals surface area contributed by atoms with Crippen LogP contribution in [0.3, 0.4) is 0 Å². The molecule has 0 spiro atoms. The molecule has 0 bridgehead atoms. The Bertz CT molecular complexity index is 409. The lowest BCUT2D eigenvalue weighted by Gasteiger charge is -2.35. The van der Waals surface area contributed by atoms with Crippen molar-refractivity contribution in [1.82, 2.24) is 0 Å². The van der Waals surface area contributed by atoms with Crippen LogP contribution in [0.5, 0.6) is 5.75 Å². The molecule has 0 aromatic heterocycles. The van der Waals surface area contributed by atoms with Crippen LogP contribution in [0.4, 0.5) is 11.4 Å². The summed E-state index contributed by atoms with van der Waals surface area (Å²) in [6.07, 6.45) is 0.175. The van der Waals surface area contributed by atoms with E-state index in [-0.39, 0.29) is 6.10 Å². The molecule has 1 heterocycles. The molecule has 1 fully saturated rings. The van der Waals surface area contributed by atoms with E-state index in [1.165, 1.54) is 17.2 Å². The Hall–Kier alpha value is -1.03. The lowest BCUT2D eigenvalue weighted by Crippen LogP contribution is -2.40. The number of hydrogen-bond acceptors (Lipinski definition) is 4. The first-order chi connectivity index (χ1) is 8.56. The molecule has 1 unspecified atom stereocenters. The lowest BCUT2D eigenvalue weighted by molar-refractivity contribution is 0.242. The average molecular weight is 266 g/mol. The van der Waals surface area contributed by atoms with Crippen molar-refractivity contribution in [2.45, 2.75) is 32.9 Å². The van der Waals surface area contributed by atoms with E-state index in [1.54, 1.807) is 0 Å². The molecule has 1 atom stereocenters. The minimum atomic E-state index is 0.175. The molecule has 1 aromatic rings. The van der Waals surface area contributed by atoms with Gasteiger partial charge in [0.05, 0.1) is 6.10 Å². The van der Waals surface area contributed by atoms with Gasteiger partial charge in [-0.25, -0.2) is 0 Å². The third-order valence-electron chi connectivity index (χ3n) is 2.98. The first-order valence-electron chi connectivity index (χ1n) is 6.48. The summed E-state index contributed by atoms with van der Waals surface area (Å²) >= 11 is 2.02. The first-order valence-corrected chi connectivity index (χ1v) is 7.63. The van der Waals surface area contributed by atoms with Gasteiger partial charge < -0.3 is 15.4 Å². The zero-order chi connectivity index (χ0) is 13.1. The van der Waals surface area contributed by atoms with Crippen LogP contribution in [-0.2, 0) is 0 Å². The molecule has 1 aromatic carbocycles. The Morgan fingerprint density at radius 3 is 2.83 bits per heavy atom. The van der Waals surface area contributed by atoms with Crippen LogP contribution in [0, 0.1) is 0 Å². The van der Waals surface area contributed by atoms with E-state index >= 15 is 0 Å². The van der Waals surface area contributed by atoms with Gasteiger partial charge in [0.15, 0.2) is 0 Å². The molecule has 4 heteroatoms. The number of hydrogen-bond donors (Lipinski definition) is 1. The van der Waals surface area contributed by atoms with Crippen molar-refractivity contribution in [3.8, 4) is 5.75 Å². The summed E-state index contributed by atoms with van der Waals surface area (Å²) in [5.41, 5.74) is 7.93. The number of nitrogens with two attached hydrogens (primary N) is 1. The highest BCUT2D eigenvalue weighted by Gasteiger charge is 2.19. The second-order valence-electron chi connectivity index (χ2n) is 5.04. The van der Waals surface area contributed by atoms with Crippen LogP contribution in [-0.4, -0.2) is 30.2 Å². The van der Waals surface area contributed by atoms with Crippen LogP contribution < -0.4 is 15.4 Å². The van der Waals surface area contributed by atoms with Gasteiger partial charge in [-0.15, -0.1) is 0 Å². The highest BCUT2D eigenvalue weighted by atomic mass is 32.2. The van der Waals surface area contributed by atoms with Crippen LogP contribution in [0.15, 0.2) is 18.2 Å². The number of thioether (sulfide) groups is 1. The summed E-state index contributed by atoms with van der Waals surface area (Å²) in [5, 5.41) is 0. The van der Waals surface area contributed by atoms with Gasteiger partial charge in [0, 0.05) is 47.6 Å². The fourth-order valence-corrected chi connectivity index (χ4v) is 3.24. The van der Waals surface area contributed by atoms with Crippen molar-refractivity contribution in [1.29, 1.82) is 0 Å². The minimum Gasteiger partial charge on any atom is -0.491 e. The second kappa shape index (κ2) is 5.74. The van der Waals surface area contributed by atoms with E-state index in [4.69, 9.17) is 10.5 Å². The second-order valence-corrected chi connectivity index (χ2v) is 6.19. The zero-order valence-corrected chi connectivity index (χ0v) is 12.2. The van der Waals surface area contributed by atoms with Crippen molar-refractivity contribution in [2.24, 2.45) is 0 Å². The topological polar surface area (TPSA) is 38.5 Å². The molecule has 0 amide bonds. The first kappa shape index (κ1) is 13.4. The van der Waals surface area contributed by atoms with Crippen molar-refractivity contribution in [3.63, 3.8) is 0 Å². The van der Waals surface area contributed by atoms with E-state index < -0.39 is 0 Å². The van der Waals surface area contributed by atoms with Gasteiger partial charge in [0.1, 0.15) is 5.75 Å². The minimum absolute atomic E-state index is 0.175. The molecule has 1 saturated heterocycles. The molecule has 0 aliphatic carbocycles. The Morgan fingerprint density at radius 2 is 2.17 bits per heavy atom. The molecule has 0 radical (unpaired) electrons. The third-order valence-corrected chi connectivity index (χ3v) is 4.17. The largest absolute Gasteiger partial charge is 0.491 e. The number of nitrogens with zero attached hydrogens (tertiary/aromatic N) is 1. The van der Waals surface area contributed by atoms with Crippen molar-refractivity contribution >= 4 is 23.1 Å². The molecule has 18 heavy (non-hydrogen) atoms. The molecular weight excluding hydrogens is 244 g/mol. The third kappa shape index (κ3) is 3.25. The van der Waals surface area contributed by atoms with Crippen molar-refractivity contribution < 1.29 is 4.74 Å². The van der Waals surface area contributed by atoms with E-state index in [2.05, 4.69) is 17.9 Å². The molecule has 100 valence electrons. The molecule has 1 aliphatic heterocycles. The maximum Gasteiger partial charge on any atom is 0.123 e. The monoisotopic (exact) mass is 266 g/mol. The summed E-state index contributed by atoms with van der Waals surface area (Å²) in [7, 11) is 0. The average Bonchev–Trinajstić information content (AvgIpc) is 2.27. The van der Waals surface area contributed by atoms with Gasteiger partial charge in [-0.1, -0.05) is 0 Å². The van der Waals surface area contributed by atoms with E-state index in [9.17, 15) is 0 Å². The lowest BCUT2D eigenvalue weighted by atomic mass is 10.2. The summed E-state index contributed by atoms with van der Waals surface area (Å²) in [6.45, 7) is 7.40. The number of benzene rings is 1. The Kier molecular flexibility index (Phi) is 4.27. The van der Waals surface area contributed by atoms with E-state index in [1.807, 2.05) is 37.7 Å². The molecule has 2 rings (SSSR count). The van der Waals surface area contributed by atoms with Gasteiger partial charge in [-0.2, -0.15) is 11.8 Å². The Balaban J connectivity index is 2.23.